The third-order valence-electron chi connectivity index (χ3n) is 5.93. The van der Waals surface area contributed by atoms with Crippen molar-refractivity contribution in [3.8, 4) is 28.6 Å². The number of nitriles is 1. The summed E-state index contributed by atoms with van der Waals surface area (Å²) < 4.78 is 41.9. The highest BCUT2D eigenvalue weighted by atomic mass is 19.4. The lowest BCUT2D eigenvalue weighted by Crippen LogP contribution is -2.13. The van der Waals surface area contributed by atoms with Gasteiger partial charge in [0.15, 0.2) is 11.5 Å². The van der Waals surface area contributed by atoms with E-state index in [1.165, 1.54) is 6.20 Å². The predicted molar refractivity (Wildman–Crippen MR) is 125 cm³/mol. The summed E-state index contributed by atoms with van der Waals surface area (Å²) in [5.74, 6) is -0.0347. The molecule has 0 saturated heterocycles. The van der Waals surface area contributed by atoms with Crippen molar-refractivity contribution in [2.24, 2.45) is 0 Å². The van der Waals surface area contributed by atoms with Crippen LogP contribution in [0.1, 0.15) is 25.0 Å². The van der Waals surface area contributed by atoms with Crippen LogP contribution in [-0.4, -0.2) is 24.6 Å². The van der Waals surface area contributed by atoms with Crippen molar-refractivity contribution in [3.63, 3.8) is 0 Å². The number of hydrogen-bond acceptors (Lipinski definition) is 6. The molecule has 3 heterocycles. The van der Waals surface area contributed by atoms with Gasteiger partial charge in [-0.3, -0.25) is 9.38 Å². The molecule has 3 aromatic heterocycles. The van der Waals surface area contributed by atoms with Crippen molar-refractivity contribution in [1.29, 1.82) is 5.26 Å². The lowest BCUT2D eigenvalue weighted by Gasteiger charge is -2.15. The van der Waals surface area contributed by atoms with E-state index in [1.54, 1.807) is 28.8 Å². The van der Waals surface area contributed by atoms with Gasteiger partial charge in [0.25, 0.3) is 0 Å². The Hall–Kier alpha value is -4.52. The molecule has 7 nitrogen and oxygen atoms in total. The van der Waals surface area contributed by atoms with E-state index in [1.807, 2.05) is 38.1 Å². The van der Waals surface area contributed by atoms with Gasteiger partial charge in [0.2, 0.25) is 0 Å². The van der Waals surface area contributed by atoms with Gasteiger partial charge in [0.05, 0.1) is 34.3 Å². The van der Waals surface area contributed by atoms with Gasteiger partial charge < -0.3 is 5.73 Å². The van der Waals surface area contributed by atoms with Crippen LogP contribution in [0.25, 0.3) is 39.2 Å². The van der Waals surface area contributed by atoms with E-state index in [-0.39, 0.29) is 5.56 Å². The number of pyridine rings is 1. The Bertz CT molecular complexity index is 1630. The second-order valence-corrected chi connectivity index (χ2v) is 8.65. The van der Waals surface area contributed by atoms with Gasteiger partial charge in [-0.1, -0.05) is 30.3 Å². The summed E-state index contributed by atoms with van der Waals surface area (Å²) >= 11 is 0. The molecule has 10 heteroatoms. The number of fused-ring (bicyclic) bond motifs is 3. The first-order valence-electron chi connectivity index (χ1n) is 10.6. The lowest BCUT2D eigenvalue weighted by molar-refractivity contribution is -0.137. The minimum atomic E-state index is -4.62. The normalized spacial score (nSPS) is 12.2. The van der Waals surface area contributed by atoms with E-state index < -0.39 is 23.0 Å². The topological polar surface area (TPSA) is 106 Å². The Kier molecular flexibility index (Phi) is 4.95. The molecule has 0 amide bonds. The fourth-order valence-corrected chi connectivity index (χ4v) is 3.88. The second kappa shape index (κ2) is 7.77. The number of anilines is 1. The quantitative estimate of drug-likeness (QED) is 0.376. The molecule has 0 spiro atoms. The van der Waals surface area contributed by atoms with Crippen LogP contribution in [0.2, 0.25) is 0 Å². The maximum Gasteiger partial charge on any atom is 0.419 e. The van der Waals surface area contributed by atoms with Crippen LogP contribution in [0, 0.1) is 11.3 Å². The number of hydrogen-bond donors (Lipinski definition) is 1. The first-order valence-corrected chi connectivity index (χ1v) is 10.6. The molecule has 2 N–H and O–H groups in total. The second-order valence-electron chi connectivity index (χ2n) is 8.65. The molecule has 0 bridgehead atoms. The molecule has 174 valence electrons. The number of rotatable bonds is 3. The van der Waals surface area contributed by atoms with E-state index in [2.05, 4.69) is 26.2 Å². The molecule has 0 unspecified atom stereocenters. The van der Waals surface area contributed by atoms with Crippen molar-refractivity contribution in [1.82, 2.24) is 24.6 Å². The summed E-state index contributed by atoms with van der Waals surface area (Å²) in [4.78, 5) is 8.15. The Morgan fingerprint density at radius 1 is 0.886 bits per heavy atom. The van der Waals surface area contributed by atoms with Crippen LogP contribution < -0.4 is 5.73 Å². The maximum absolute atomic E-state index is 13.4. The van der Waals surface area contributed by atoms with E-state index in [0.717, 1.165) is 17.2 Å². The summed E-state index contributed by atoms with van der Waals surface area (Å²) in [7, 11) is 0. The molecular formula is C25H18F3N7. The summed E-state index contributed by atoms with van der Waals surface area (Å²) in [6, 6.07) is 15.8. The Morgan fingerprint density at radius 3 is 2.29 bits per heavy atom. The fraction of sp³-hybridized carbons (Fsp3) is 0.160. The minimum Gasteiger partial charge on any atom is -0.383 e. The van der Waals surface area contributed by atoms with Crippen LogP contribution in [0.3, 0.4) is 0 Å². The number of nitrogen functional groups attached to an aromatic ring is 1. The van der Waals surface area contributed by atoms with Gasteiger partial charge in [-0.25, -0.2) is 4.98 Å². The average Bonchev–Trinajstić information content (AvgIpc) is 3.28. The van der Waals surface area contributed by atoms with Gasteiger partial charge in [-0.15, -0.1) is 10.2 Å². The molecule has 0 fully saturated rings. The maximum atomic E-state index is 13.4. The summed E-state index contributed by atoms with van der Waals surface area (Å²) in [6.07, 6.45) is -1.73. The number of halogens is 3. The van der Waals surface area contributed by atoms with Crippen LogP contribution in [0.5, 0.6) is 0 Å². The molecular weight excluding hydrogens is 455 g/mol. The molecule has 0 radical (unpaired) electrons. The van der Waals surface area contributed by atoms with Crippen molar-refractivity contribution in [3.05, 3.63) is 72.1 Å². The highest BCUT2D eigenvalue weighted by Gasteiger charge is 2.34. The molecule has 0 aliphatic heterocycles. The van der Waals surface area contributed by atoms with Gasteiger partial charge in [0, 0.05) is 17.3 Å². The van der Waals surface area contributed by atoms with E-state index in [9.17, 15) is 18.4 Å². The number of nitrogens with zero attached hydrogens (tertiary/aromatic N) is 6. The molecule has 35 heavy (non-hydrogen) atoms. The third-order valence-corrected chi connectivity index (χ3v) is 5.93. The molecule has 0 saturated carbocycles. The Morgan fingerprint density at radius 2 is 1.60 bits per heavy atom. The zero-order chi connectivity index (χ0) is 25.0. The highest BCUT2D eigenvalue weighted by molar-refractivity contribution is 5.85. The van der Waals surface area contributed by atoms with Crippen LogP contribution in [0.4, 0.5) is 19.0 Å². The predicted octanol–water partition coefficient (Wildman–Crippen LogP) is 5.41. The van der Waals surface area contributed by atoms with Crippen molar-refractivity contribution in [2.75, 3.05) is 5.73 Å². The lowest BCUT2D eigenvalue weighted by atomic mass is 9.86. The number of nitrogens with two attached hydrogens (primary N) is 1. The number of benzene rings is 2. The van der Waals surface area contributed by atoms with Gasteiger partial charge in [-0.2, -0.15) is 18.4 Å². The van der Waals surface area contributed by atoms with Crippen LogP contribution >= 0.6 is 0 Å². The monoisotopic (exact) mass is 473 g/mol. The minimum absolute atomic E-state index is 0.267. The van der Waals surface area contributed by atoms with E-state index in [4.69, 9.17) is 5.73 Å². The summed E-state index contributed by atoms with van der Waals surface area (Å²) in [5, 5.41) is 17.9. The van der Waals surface area contributed by atoms with Crippen molar-refractivity contribution < 1.29 is 13.2 Å². The largest absolute Gasteiger partial charge is 0.419 e. The highest BCUT2D eigenvalue weighted by Crippen LogP contribution is 2.36. The standard InChI is InChI=1S/C25H18F3N7/c1-24(2,13-29)17-6-3-14(4-7-17)23-34-33-21-12-31-19-8-5-15(10-20(19)35(21)23)16-9-18(25(26,27)28)22(30)32-11-16/h3-12H,1-2H3,(H2,30,32). The smallest absolute Gasteiger partial charge is 0.383 e. The molecule has 0 aliphatic rings. The van der Waals surface area contributed by atoms with E-state index in [0.29, 0.717) is 28.1 Å². The van der Waals surface area contributed by atoms with Crippen LogP contribution in [-0.2, 0) is 11.6 Å². The molecule has 0 atom stereocenters. The molecule has 5 rings (SSSR count). The number of alkyl halides is 3. The van der Waals surface area contributed by atoms with Crippen molar-refractivity contribution in [2.45, 2.75) is 25.4 Å². The van der Waals surface area contributed by atoms with E-state index >= 15 is 0 Å². The van der Waals surface area contributed by atoms with Crippen LogP contribution in [0.15, 0.2) is 60.9 Å². The third kappa shape index (κ3) is 3.81. The fourth-order valence-electron chi connectivity index (χ4n) is 3.88. The van der Waals surface area contributed by atoms with Gasteiger partial charge in [-0.05, 0) is 43.2 Å². The molecule has 2 aromatic carbocycles. The van der Waals surface area contributed by atoms with Crippen molar-refractivity contribution >= 4 is 22.5 Å². The summed E-state index contributed by atoms with van der Waals surface area (Å²) in [5.41, 5.74) is 7.95. The first kappa shape index (κ1) is 22.3. The Balaban J connectivity index is 1.68. The first-order chi connectivity index (χ1) is 16.6. The zero-order valence-corrected chi connectivity index (χ0v) is 18.7. The molecule has 0 aliphatic carbocycles. The number of aromatic nitrogens is 5. The molecule has 5 aromatic rings. The Labute approximate surface area is 197 Å². The van der Waals surface area contributed by atoms with Gasteiger partial charge >= 0.3 is 6.18 Å². The summed E-state index contributed by atoms with van der Waals surface area (Å²) in [6.45, 7) is 3.68. The van der Waals surface area contributed by atoms with Gasteiger partial charge in [0.1, 0.15) is 5.82 Å². The SMILES string of the molecule is CC(C)(C#N)c1ccc(-c2nnc3cnc4ccc(-c5cnc(N)c(C(F)(F)F)c5)cc4n23)cc1. The zero-order valence-electron chi connectivity index (χ0n) is 18.7. The average molecular weight is 473 g/mol.